The third-order valence-corrected chi connectivity index (χ3v) is 3.04. The number of hydrogen-bond acceptors (Lipinski definition) is 5. The van der Waals surface area contributed by atoms with Gasteiger partial charge in [0.25, 0.3) is 0 Å². The van der Waals surface area contributed by atoms with Gasteiger partial charge >= 0.3 is 6.18 Å². The third-order valence-electron chi connectivity index (χ3n) is 2.12. The minimum absolute atomic E-state index is 0.172. The van der Waals surface area contributed by atoms with Crippen LogP contribution in [0.4, 0.5) is 18.3 Å². The fourth-order valence-corrected chi connectivity index (χ4v) is 1.96. The minimum atomic E-state index is -4.43. The molecule has 0 aliphatic rings. The summed E-state index contributed by atoms with van der Waals surface area (Å²) in [5.41, 5.74) is 1.01. The van der Waals surface area contributed by atoms with Crippen LogP contribution in [0.2, 0.25) is 0 Å². The van der Waals surface area contributed by atoms with Crippen molar-refractivity contribution in [2.75, 3.05) is 11.9 Å². The Morgan fingerprint density at radius 2 is 2.17 bits per heavy atom. The van der Waals surface area contributed by atoms with Gasteiger partial charge in [-0.1, -0.05) is 11.3 Å². The van der Waals surface area contributed by atoms with Crippen molar-refractivity contribution in [1.29, 1.82) is 0 Å². The van der Waals surface area contributed by atoms with Gasteiger partial charge in [-0.3, -0.25) is 4.68 Å². The van der Waals surface area contributed by atoms with Crippen molar-refractivity contribution in [3.8, 4) is 0 Å². The van der Waals surface area contributed by atoms with Gasteiger partial charge in [-0.25, -0.2) is 0 Å². The molecule has 2 rings (SSSR count). The van der Waals surface area contributed by atoms with Gasteiger partial charge in [0.05, 0.1) is 6.20 Å². The number of rotatable bonds is 4. The highest BCUT2D eigenvalue weighted by Gasteiger charge is 2.35. The van der Waals surface area contributed by atoms with Crippen LogP contribution in [0.15, 0.2) is 12.4 Å². The number of alkyl halides is 3. The Hall–Kier alpha value is -1.64. The number of nitrogens with zero attached hydrogens (tertiary/aromatic N) is 4. The van der Waals surface area contributed by atoms with Crippen LogP contribution in [0.1, 0.15) is 10.6 Å². The van der Waals surface area contributed by atoms with E-state index in [1.165, 1.54) is 0 Å². The molecule has 0 amide bonds. The first-order valence-electron chi connectivity index (χ1n) is 5.07. The molecule has 2 aromatic heterocycles. The summed E-state index contributed by atoms with van der Waals surface area (Å²) in [4.78, 5) is 0. The van der Waals surface area contributed by atoms with Gasteiger partial charge in [0.1, 0.15) is 0 Å². The third kappa shape index (κ3) is 3.19. The molecule has 0 fully saturated rings. The lowest BCUT2D eigenvalue weighted by Gasteiger charge is -2.00. The van der Waals surface area contributed by atoms with Gasteiger partial charge < -0.3 is 5.32 Å². The predicted octanol–water partition coefficient (Wildman–Crippen LogP) is 1.95. The maximum atomic E-state index is 12.3. The lowest BCUT2D eigenvalue weighted by molar-refractivity contribution is -0.138. The van der Waals surface area contributed by atoms with Crippen molar-refractivity contribution >= 4 is 16.5 Å². The van der Waals surface area contributed by atoms with Gasteiger partial charge in [-0.2, -0.15) is 18.3 Å². The summed E-state index contributed by atoms with van der Waals surface area (Å²) < 4.78 is 38.4. The first-order valence-corrected chi connectivity index (χ1v) is 5.89. The molecule has 0 unspecified atom stereocenters. The summed E-state index contributed by atoms with van der Waals surface area (Å²) in [6, 6.07) is 0. The summed E-state index contributed by atoms with van der Waals surface area (Å²) in [5.74, 6) is 0. The van der Waals surface area contributed by atoms with E-state index in [2.05, 4.69) is 20.6 Å². The van der Waals surface area contributed by atoms with Crippen molar-refractivity contribution < 1.29 is 13.2 Å². The second-order valence-corrected chi connectivity index (χ2v) is 4.59. The number of halogens is 3. The normalized spacial score (nSPS) is 11.8. The van der Waals surface area contributed by atoms with Crippen molar-refractivity contribution in [2.24, 2.45) is 7.05 Å². The highest BCUT2D eigenvalue weighted by molar-refractivity contribution is 7.15. The van der Waals surface area contributed by atoms with Crippen molar-refractivity contribution in [3.63, 3.8) is 0 Å². The van der Waals surface area contributed by atoms with E-state index in [-0.39, 0.29) is 5.13 Å². The summed E-state index contributed by atoms with van der Waals surface area (Å²) in [5, 5.41) is 12.5. The lowest BCUT2D eigenvalue weighted by Crippen LogP contribution is -2.03. The number of hydrogen-bond donors (Lipinski definition) is 1. The Labute approximate surface area is 105 Å². The van der Waals surface area contributed by atoms with Gasteiger partial charge in [-0.05, 0) is 12.0 Å². The number of nitrogens with one attached hydrogen (secondary N) is 1. The van der Waals surface area contributed by atoms with Crippen LogP contribution in [0.25, 0.3) is 0 Å². The molecule has 0 bridgehead atoms. The second-order valence-electron chi connectivity index (χ2n) is 3.61. The first kappa shape index (κ1) is 12.8. The van der Waals surface area contributed by atoms with Crippen LogP contribution in [0.3, 0.4) is 0 Å². The maximum Gasteiger partial charge on any atom is 0.445 e. The molecule has 0 spiro atoms. The van der Waals surface area contributed by atoms with E-state index in [0.29, 0.717) is 24.3 Å². The summed E-state index contributed by atoms with van der Waals surface area (Å²) >= 11 is 0.501. The molecule has 0 radical (unpaired) electrons. The van der Waals surface area contributed by atoms with Crippen LogP contribution in [0, 0.1) is 0 Å². The molecule has 0 atom stereocenters. The topological polar surface area (TPSA) is 55.6 Å². The standard InChI is InChI=1S/C9H10F3N5S/c1-17-5-6(4-14-17)2-3-13-8-16-15-7(18-8)9(10,11)12/h4-5H,2-3H2,1H3,(H,13,16). The number of anilines is 1. The average molecular weight is 277 g/mol. The molecule has 0 saturated carbocycles. The number of aromatic nitrogens is 4. The van der Waals surface area contributed by atoms with Crippen LogP contribution in [-0.4, -0.2) is 26.5 Å². The molecule has 0 aromatic carbocycles. The average Bonchev–Trinajstić information content (AvgIpc) is 2.87. The molecule has 0 aliphatic heterocycles. The molecule has 0 aliphatic carbocycles. The van der Waals surface area contributed by atoms with Gasteiger partial charge in [0, 0.05) is 19.8 Å². The predicted molar refractivity (Wildman–Crippen MR) is 60.3 cm³/mol. The summed E-state index contributed by atoms with van der Waals surface area (Å²) in [6.07, 6.45) is -0.207. The highest BCUT2D eigenvalue weighted by atomic mass is 32.1. The van der Waals surface area contributed by atoms with Crippen LogP contribution in [0.5, 0.6) is 0 Å². The lowest BCUT2D eigenvalue weighted by atomic mass is 10.2. The fraction of sp³-hybridized carbons (Fsp3) is 0.444. The van der Waals surface area contributed by atoms with E-state index in [4.69, 9.17) is 0 Å². The van der Waals surface area contributed by atoms with Gasteiger partial charge in [0.2, 0.25) is 10.1 Å². The molecule has 2 aromatic rings. The fourth-order valence-electron chi connectivity index (χ4n) is 1.32. The molecule has 98 valence electrons. The molecule has 18 heavy (non-hydrogen) atoms. The number of aryl methyl sites for hydroxylation is 1. The Bertz CT molecular complexity index is 518. The molecule has 1 N–H and O–H groups in total. The van der Waals surface area contributed by atoms with Crippen LogP contribution >= 0.6 is 11.3 Å². The largest absolute Gasteiger partial charge is 0.445 e. The van der Waals surface area contributed by atoms with E-state index < -0.39 is 11.2 Å². The van der Waals surface area contributed by atoms with Crippen molar-refractivity contribution in [1.82, 2.24) is 20.0 Å². The maximum absolute atomic E-state index is 12.3. The van der Waals surface area contributed by atoms with Gasteiger partial charge in [-0.15, -0.1) is 10.2 Å². The van der Waals surface area contributed by atoms with E-state index >= 15 is 0 Å². The smallest absolute Gasteiger partial charge is 0.360 e. The molecule has 0 saturated heterocycles. The van der Waals surface area contributed by atoms with Crippen molar-refractivity contribution in [3.05, 3.63) is 23.0 Å². The van der Waals surface area contributed by atoms with Gasteiger partial charge in [0.15, 0.2) is 0 Å². The zero-order chi connectivity index (χ0) is 13.2. The highest BCUT2D eigenvalue weighted by Crippen LogP contribution is 2.32. The quantitative estimate of drug-likeness (QED) is 0.928. The molecule has 2 heterocycles. The van der Waals surface area contributed by atoms with E-state index in [1.54, 1.807) is 17.9 Å². The Morgan fingerprint density at radius 1 is 1.39 bits per heavy atom. The van der Waals surface area contributed by atoms with Crippen LogP contribution in [-0.2, 0) is 19.6 Å². The molecular weight excluding hydrogens is 267 g/mol. The van der Waals surface area contributed by atoms with E-state index in [0.717, 1.165) is 5.56 Å². The molecule has 9 heteroatoms. The monoisotopic (exact) mass is 277 g/mol. The Balaban J connectivity index is 1.85. The zero-order valence-corrected chi connectivity index (χ0v) is 10.2. The van der Waals surface area contributed by atoms with Crippen molar-refractivity contribution in [2.45, 2.75) is 12.6 Å². The van der Waals surface area contributed by atoms with Crippen LogP contribution < -0.4 is 5.32 Å². The molecule has 5 nitrogen and oxygen atoms in total. The zero-order valence-electron chi connectivity index (χ0n) is 9.40. The second kappa shape index (κ2) is 4.92. The summed E-state index contributed by atoms with van der Waals surface area (Å²) in [6.45, 7) is 0.484. The summed E-state index contributed by atoms with van der Waals surface area (Å²) in [7, 11) is 1.80. The Kier molecular flexibility index (Phi) is 3.50. The SMILES string of the molecule is Cn1cc(CCNc2nnc(C(F)(F)F)s2)cn1. The van der Waals surface area contributed by atoms with E-state index in [1.807, 2.05) is 6.20 Å². The minimum Gasteiger partial charge on any atom is -0.360 e. The molecular formula is C9H10F3N5S. The Morgan fingerprint density at radius 3 is 2.72 bits per heavy atom. The van der Waals surface area contributed by atoms with E-state index in [9.17, 15) is 13.2 Å². The first-order chi connectivity index (χ1) is 8.45.